The number of rotatable bonds is 5. The van der Waals surface area contributed by atoms with Gasteiger partial charge in [-0.1, -0.05) is 12.1 Å². The van der Waals surface area contributed by atoms with Crippen molar-refractivity contribution in [3.8, 4) is 5.75 Å². The Kier molecular flexibility index (Phi) is 5.12. The molecule has 0 aliphatic carbocycles. The van der Waals surface area contributed by atoms with E-state index in [0.717, 1.165) is 10.1 Å². The Balaban J connectivity index is 1.82. The molecule has 10 nitrogen and oxygen atoms in total. The Morgan fingerprint density at radius 3 is 2.71 bits per heavy atom. The van der Waals surface area contributed by atoms with E-state index in [1.54, 1.807) is 20.1 Å². The molecule has 3 rings (SSSR count). The summed E-state index contributed by atoms with van der Waals surface area (Å²) >= 11 is 0. The maximum Gasteiger partial charge on any atom is 0.332 e. The number of benzene rings is 1. The van der Waals surface area contributed by atoms with Crippen molar-refractivity contribution in [2.24, 2.45) is 19.2 Å². The number of methoxy groups -OCH3 is 1. The molecule has 0 bridgehead atoms. The van der Waals surface area contributed by atoms with Crippen molar-refractivity contribution >= 4 is 22.8 Å². The molecule has 0 fully saturated rings. The Hall–Kier alpha value is -3.69. The zero-order valence-electron chi connectivity index (χ0n) is 16.0. The van der Waals surface area contributed by atoms with Gasteiger partial charge in [-0.05, 0) is 19.1 Å². The van der Waals surface area contributed by atoms with E-state index < -0.39 is 17.2 Å². The SMILES string of the molecule is COc1cccc(/C(C)=N\NC(=O)Cn2cnc3c2c(=O)n(C)c(=O)n3C)c1. The van der Waals surface area contributed by atoms with Crippen LogP contribution in [0.3, 0.4) is 0 Å². The van der Waals surface area contributed by atoms with Gasteiger partial charge >= 0.3 is 5.69 Å². The zero-order chi connectivity index (χ0) is 20.4. The molecular weight excluding hydrogens is 364 g/mol. The molecule has 1 amide bonds. The number of imidazole rings is 1. The van der Waals surface area contributed by atoms with Gasteiger partial charge in [-0.25, -0.2) is 15.2 Å². The Morgan fingerprint density at radius 2 is 2.00 bits per heavy atom. The van der Waals surface area contributed by atoms with Crippen LogP contribution in [0.4, 0.5) is 0 Å². The summed E-state index contributed by atoms with van der Waals surface area (Å²) in [5.41, 5.74) is 3.26. The van der Waals surface area contributed by atoms with Crippen LogP contribution in [-0.4, -0.2) is 37.4 Å². The lowest BCUT2D eigenvalue weighted by Gasteiger charge is -2.07. The fraction of sp³-hybridized carbons (Fsp3) is 0.278. The Bertz CT molecular complexity index is 1200. The van der Waals surface area contributed by atoms with E-state index in [1.165, 1.54) is 29.6 Å². The van der Waals surface area contributed by atoms with Crippen molar-refractivity contribution in [1.29, 1.82) is 0 Å². The van der Waals surface area contributed by atoms with Gasteiger partial charge in [0.2, 0.25) is 0 Å². The average Bonchev–Trinajstić information content (AvgIpc) is 3.12. The third kappa shape index (κ3) is 3.43. The predicted octanol–water partition coefficient (Wildman–Crippen LogP) is -0.0173. The topological polar surface area (TPSA) is 113 Å². The first-order valence-electron chi connectivity index (χ1n) is 8.42. The van der Waals surface area contributed by atoms with Gasteiger partial charge in [-0.2, -0.15) is 5.10 Å². The normalized spacial score (nSPS) is 11.6. The Labute approximate surface area is 159 Å². The van der Waals surface area contributed by atoms with Crippen LogP contribution in [-0.2, 0) is 25.4 Å². The quantitative estimate of drug-likeness (QED) is 0.491. The number of hydrogen-bond donors (Lipinski definition) is 1. The lowest BCUT2D eigenvalue weighted by molar-refractivity contribution is -0.121. The number of nitrogens with zero attached hydrogens (tertiary/aromatic N) is 5. The molecule has 0 aliphatic rings. The lowest BCUT2D eigenvalue weighted by Crippen LogP contribution is -2.38. The van der Waals surface area contributed by atoms with Gasteiger partial charge in [0.1, 0.15) is 12.3 Å². The van der Waals surface area contributed by atoms with Crippen LogP contribution in [0.1, 0.15) is 12.5 Å². The molecule has 0 radical (unpaired) electrons. The van der Waals surface area contributed by atoms with Crippen molar-refractivity contribution in [1.82, 2.24) is 24.1 Å². The molecular formula is C18H20N6O4. The molecule has 3 aromatic rings. The number of amides is 1. The fourth-order valence-electron chi connectivity index (χ4n) is 2.77. The molecule has 0 spiro atoms. The molecule has 1 aromatic carbocycles. The summed E-state index contributed by atoms with van der Waals surface area (Å²) in [6.07, 6.45) is 1.35. The second-order valence-electron chi connectivity index (χ2n) is 6.21. The molecule has 0 unspecified atom stereocenters. The highest BCUT2D eigenvalue weighted by Gasteiger charge is 2.15. The fourth-order valence-corrected chi connectivity index (χ4v) is 2.77. The average molecular weight is 384 g/mol. The molecule has 146 valence electrons. The summed E-state index contributed by atoms with van der Waals surface area (Å²) in [6.45, 7) is 1.59. The highest BCUT2D eigenvalue weighted by atomic mass is 16.5. The van der Waals surface area contributed by atoms with Crippen molar-refractivity contribution in [2.45, 2.75) is 13.5 Å². The van der Waals surface area contributed by atoms with Gasteiger partial charge in [0.05, 0.1) is 19.1 Å². The monoisotopic (exact) mass is 384 g/mol. The van der Waals surface area contributed by atoms with Gasteiger partial charge in [-0.15, -0.1) is 0 Å². The van der Waals surface area contributed by atoms with Crippen LogP contribution in [0.25, 0.3) is 11.2 Å². The van der Waals surface area contributed by atoms with Gasteiger partial charge < -0.3 is 9.30 Å². The van der Waals surface area contributed by atoms with Crippen molar-refractivity contribution in [3.63, 3.8) is 0 Å². The molecule has 0 saturated carbocycles. The molecule has 2 heterocycles. The molecule has 0 aliphatic heterocycles. The van der Waals surface area contributed by atoms with Gasteiger partial charge in [0.25, 0.3) is 11.5 Å². The minimum absolute atomic E-state index is 0.168. The van der Waals surface area contributed by atoms with E-state index in [2.05, 4.69) is 15.5 Å². The molecule has 10 heteroatoms. The predicted molar refractivity (Wildman–Crippen MR) is 104 cm³/mol. The summed E-state index contributed by atoms with van der Waals surface area (Å²) in [4.78, 5) is 40.7. The van der Waals surface area contributed by atoms with Crippen molar-refractivity contribution in [3.05, 3.63) is 57.0 Å². The van der Waals surface area contributed by atoms with Crippen LogP contribution in [0.15, 0.2) is 45.3 Å². The van der Waals surface area contributed by atoms with E-state index in [0.29, 0.717) is 11.5 Å². The number of carbonyl (C=O) groups is 1. The lowest BCUT2D eigenvalue weighted by atomic mass is 10.1. The van der Waals surface area contributed by atoms with Crippen LogP contribution in [0.5, 0.6) is 5.75 Å². The number of carbonyl (C=O) groups excluding carboxylic acids is 1. The van der Waals surface area contributed by atoms with Crippen LogP contribution in [0, 0.1) is 0 Å². The molecule has 2 aromatic heterocycles. The Morgan fingerprint density at radius 1 is 1.25 bits per heavy atom. The summed E-state index contributed by atoms with van der Waals surface area (Å²) in [7, 11) is 4.47. The highest BCUT2D eigenvalue weighted by Crippen LogP contribution is 2.13. The van der Waals surface area contributed by atoms with Gasteiger partial charge in [0, 0.05) is 19.7 Å². The zero-order valence-corrected chi connectivity index (χ0v) is 16.0. The van der Waals surface area contributed by atoms with Gasteiger partial charge in [-0.3, -0.25) is 18.7 Å². The van der Waals surface area contributed by atoms with Crippen molar-refractivity contribution in [2.75, 3.05) is 7.11 Å². The summed E-state index contributed by atoms with van der Waals surface area (Å²) in [6, 6.07) is 7.29. The van der Waals surface area contributed by atoms with E-state index >= 15 is 0 Å². The number of hydrazone groups is 1. The second-order valence-corrected chi connectivity index (χ2v) is 6.21. The summed E-state index contributed by atoms with van der Waals surface area (Å²) in [5.74, 6) is 0.252. The number of fused-ring (bicyclic) bond motifs is 1. The largest absolute Gasteiger partial charge is 0.497 e. The smallest absolute Gasteiger partial charge is 0.332 e. The minimum Gasteiger partial charge on any atom is -0.497 e. The third-order valence-electron chi connectivity index (χ3n) is 4.37. The molecule has 0 saturated heterocycles. The van der Waals surface area contributed by atoms with Crippen LogP contribution >= 0.6 is 0 Å². The van der Waals surface area contributed by atoms with Crippen LogP contribution in [0.2, 0.25) is 0 Å². The standard InChI is InChI=1S/C18H20N6O4/c1-11(12-6-5-7-13(8-12)28-4)20-21-14(25)9-24-10-19-16-15(24)17(26)23(3)18(27)22(16)2/h5-8,10H,9H2,1-4H3,(H,21,25)/b20-11-. The number of nitrogens with one attached hydrogen (secondary N) is 1. The molecule has 0 atom stereocenters. The van der Waals surface area contributed by atoms with Crippen LogP contribution < -0.4 is 21.4 Å². The van der Waals surface area contributed by atoms with Crippen molar-refractivity contribution < 1.29 is 9.53 Å². The number of aryl methyl sites for hydroxylation is 1. The maximum absolute atomic E-state index is 12.4. The number of aromatic nitrogens is 4. The number of ether oxygens (including phenoxy) is 1. The maximum atomic E-state index is 12.4. The minimum atomic E-state index is -0.514. The summed E-state index contributed by atoms with van der Waals surface area (Å²) < 4.78 is 8.80. The first kappa shape index (κ1) is 19.1. The van der Waals surface area contributed by atoms with E-state index in [-0.39, 0.29) is 17.7 Å². The van der Waals surface area contributed by atoms with E-state index in [9.17, 15) is 14.4 Å². The first-order valence-corrected chi connectivity index (χ1v) is 8.42. The first-order chi connectivity index (χ1) is 13.3. The van der Waals surface area contributed by atoms with E-state index in [1.807, 2.05) is 18.2 Å². The number of hydrogen-bond acceptors (Lipinski definition) is 6. The van der Waals surface area contributed by atoms with Gasteiger partial charge in [0.15, 0.2) is 11.2 Å². The molecule has 1 N–H and O–H groups in total. The van der Waals surface area contributed by atoms with E-state index in [4.69, 9.17) is 4.74 Å². The molecule has 28 heavy (non-hydrogen) atoms. The summed E-state index contributed by atoms with van der Waals surface area (Å²) in [5, 5.41) is 4.09. The third-order valence-corrected chi connectivity index (χ3v) is 4.37. The second kappa shape index (κ2) is 7.51. The highest BCUT2D eigenvalue weighted by molar-refractivity contribution is 5.99.